The number of ether oxygens (including phenoxy) is 1. The Kier molecular flexibility index (Phi) is 10.4. The Morgan fingerprint density at radius 1 is 1.05 bits per heavy atom. The highest BCUT2D eigenvalue weighted by molar-refractivity contribution is 5.97. The van der Waals surface area contributed by atoms with Crippen molar-refractivity contribution < 1.29 is 22.7 Å². The molecule has 0 saturated carbocycles. The van der Waals surface area contributed by atoms with Crippen molar-refractivity contribution in [3.63, 3.8) is 0 Å². The molecule has 0 unspecified atom stereocenters. The minimum absolute atomic E-state index is 0.0112. The molecular formula is C33H42F3N5O2. The van der Waals surface area contributed by atoms with E-state index in [1.54, 1.807) is 16.8 Å². The van der Waals surface area contributed by atoms with E-state index in [-0.39, 0.29) is 16.8 Å². The van der Waals surface area contributed by atoms with Crippen LogP contribution in [-0.2, 0) is 30.3 Å². The van der Waals surface area contributed by atoms with Gasteiger partial charge in [-0.1, -0.05) is 52.8 Å². The second-order valence-corrected chi connectivity index (χ2v) is 11.5. The van der Waals surface area contributed by atoms with Gasteiger partial charge in [-0.25, -0.2) is 4.98 Å². The van der Waals surface area contributed by atoms with E-state index < -0.39 is 11.9 Å². The second-order valence-electron chi connectivity index (χ2n) is 11.5. The first-order valence-electron chi connectivity index (χ1n) is 15.2. The monoisotopic (exact) mass is 597 g/mol. The standard InChI is InChI=1S/C33H42F3N5O2/c1-6-16-43-17-10-11-29(42)25-13-12-23(18-24(25)7-2)19-27-31-38-20-28(41(31)15-14-37-27)26-21-40(22-32(5,8-3)9-4)39-30(26)33(34,35)36/h12-15,18,20-21H,6-11,16-17,19,22H2,1-5H3. The van der Waals surface area contributed by atoms with Crippen LogP contribution in [0.1, 0.15) is 99.6 Å². The van der Waals surface area contributed by atoms with Gasteiger partial charge in [0.15, 0.2) is 17.1 Å². The lowest BCUT2D eigenvalue weighted by Crippen LogP contribution is -2.22. The normalized spacial score (nSPS) is 12.4. The number of aryl methyl sites for hydroxylation is 1. The minimum atomic E-state index is -4.62. The minimum Gasteiger partial charge on any atom is -0.381 e. The molecule has 0 spiro atoms. The number of ketones is 1. The van der Waals surface area contributed by atoms with E-state index in [4.69, 9.17) is 4.74 Å². The number of alkyl halides is 3. The lowest BCUT2D eigenvalue weighted by atomic mass is 9.85. The average Bonchev–Trinajstić information content (AvgIpc) is 3.61. The Bertz CT molecular complexity index is 1540. The SMILES string of the molecule is CCCOCCCC(=O)c1ccc(Cc2nccn3c(-c4cn(CC(C)(CC)CC)nc4C(F)(F)F)cnc23)cc1CC. The molecule has 0 radical (unpaired) electrons. The van der Waals surface area contributed by atoms with Crippen LogP contribution < -0.4 is 0 Å². The number of carbonyl (C=O) groups is 1. The van der Waals surface area contributed by atoms with Crippen molar-refractivity contribution in [2.45, 2.75) is 92.3 Å². The van der Waals surface area contributed by atoms with Gasteiger partial charge in [0.2, 0.25) is 0 Å². The molecule has 1 aromatic carbocycles. The fourth-order valence-electron chi connectivity index (χ4n) is 5.29. The lowest BCUT2D eigenvalue weighted by molar-refractivity contribution is -0.141. The fourth-order valence-corrected chi connectivity index (χ4v) is 5.29. The zero-order chi connectivity index (χ0) is 31.2. The van der Waals surface area contributed by atoms with Gasteiger partial charge in [-0.3, -0.25) is 18.9 Å². The number of nitrogens with zero attached hydrogens (tertiary/aromatic N) is 5. The molecule has 0 aliphatic heterocycles. The van der Waals surface area contributed by atoms with Crippen LogP contribution in [0.25, 0.3) is 16.9 Å². The molecule has 4 rings (SSSR count). The summed E-state index contributed by atoms with van der Waals surface area (Å²) >= 11 is 0. The van der Waals surface area contributed by atoms with Crippen molar-refractivity contribution in [3.8, 4) is 11.3 Å². The molecule has 43 heavy (non-hydrogen) atoms. The molecule has 4 aromatic rings. The summed E-state index contributed by atoms with van der Waals surface area (Å²) < 4.78 is 51.0. The van der Waals surface area contributed by atoms with E-state index >= 15 is 0 Å². The summed E-state index contributed by atoms with van der Waals surface area (Å²) in [5, 5.41) is 3.99. The van der Waals surface area contributed by atoms with Crippen molar-refractivity contribution in [2.75, 3.05) is 13.2 Å². The zero-order valence-corrected chi connectivity index (χ0v) is 25.8. The Labute approximate surface area is 251 Å². The van der Waals surface area contributed by atoms with Gasteiger partial charge in [0.25, 0.3) is 0 Å². The predicted octanol–water partition coefficient (Wildman–Crippen LogP) is 7.98. The third-order valence-electron chi connectivity index (χ3n) is 8.32. The molecule has 3 aromatic heterocycles. The van der Waals surface area contributed by atoms with E-state index in [0.717, 1.165) is 36.0 Å². The van der Waals surface area contributed by atoms with Crippen molar-refractivity contribution in [1.82, 2.24) is 24.1 Å². The molecule has 0 atom stereocenters. The summed E-state index contributed by atoms with van der Waals surface area (Å²) in [6, 6.07) is 5.80. The van der Waals surface area contributed by atoms with Crippen molar-refractivity contribution in [2.24, 2.45) is 5.41 Å². The number of rotatable bonds is 15. The smallest absolute Gasteiger partial charge is 0.381 e. The number of benzene rings is 1. The third kappa shape index (κ3) is 7.52. The van der Waals surface area contributed by atoms with Crippen molar-refractivity contribution >= 4 is 11.4 Å². The summed E-state index contributed by atoms with van der Waals surface area (Å²) in [6.45, 7) is 11.9. The number of fused-ring (bicyclic) bond motifs is 1. The molecule has 0 N–H and O–H groups in total. The zero-order valence-electron chi connectivity index (χ0n) is 25.8. The van der Waals surface area contributed by atoms with E-state index in [1.165, 1.54) is 17.1 Å². The molecule has 0 amide bonds. The third-order valence-corrected chi connectivity index (χ3v) is 8.32. The van der Waals surface area contributed by atoms with Gasteiger partial charge in [0, 0.05) is 56.8 Å². The Hall–Kier alpha value is -3.53. The van der Waals surface area contributed by atoms with Gasteiger partial charge in [-0.15, -0.1) is 0 Å². The molecule has 3 heterocycles. The highest BCUT2D eigenvalue weighted by Crippen LogP contribution is 2.38. The summed E-state index contributed by atoms with van der Waals surface area (Å²) in [4.78, 5) is 21.9. The Morgan fingerprint density at radius 3 is 2.49 bits per heavy atom. The molecule has 7 nitrogen and oxygen atoms in total. The molecular weight excluding hydrogens is 555 g/mol. The number of hydrogen-bond acceptors (Lipinski definition) is 5. The number of imidazole rings is 1. The van der Waals surface area contributed by atoms with Gasteiger partial charge in [-0.2, -0.15) is 18.3 Å². The Balaban J connectivity index is 1.62. The van der Waals surface area contributed by atoms with Crippen molar-refractivity contribution in [3.05, 3.63) is 71.1 Å². The fraction of sp³-hybridized carbons (Fsp3) is 0.515. The molecule has 0 aliphatic rings. The Morgan fingerprint density at radius 2 is 1.81 bits per heavy atom. The lowest BCUT2D eigenvalue weighted by Gasteiger charge is -2.26. The van der Waals surface area contributed by atoms with Gasteiger partial charge in [-0.05, 0) is 48.6 Å². The van der Waals surface area contributed by atoms with Crippen LogP contribution in [0.15, 0.2) is 43.0 Å². The van der Waals surface area contributed by atoms with E-state index in [0.29, 0.717) is 62.5 Å². The second kappa shape index (κ2) is 13.8. The maximum Gasteiger partial charge on any atom is 0.435 e. The first kappa shape index (κ1) is 32.4. The van der Waals surface area contributed by atoms with Crippen molar-refractivity contribution in [1.29, 1.82) is 0 Å². The number of halogens is 3. The number of Topliss-reactive ketones (excluding diaryl/α,β-unsaturated/α-hetero) is 1. The predicted molar refractivity (Wildman–Crippen MR) is 161 cm³/mol. The number of hydrogen-bond donors (Lipinski definition) is 0. The molecule has 10 heteroatoms. The van der Waals surface area contributed by atoms with Crippen LogP contribution in [0.2, 0.25) is 0 Å². The molecule has 0 bridgehead atoms. The number of aromatic nitrogens is 5. The van der Waals surface area contributed by atoms with E-state index in [2.05, 4.69) is 28.9 Å². The summed E-state index contributed by atoms with van der Waals surface area (Å²) in [6.07, 6.45) is 6.37. The highest BCUT2D eigenvalue weighted by Gasteiger charge is 2.39. The highest BCUT2D eigenvalue weighted by atomic mass is 19.4. The van der Waals surface area contributed by atoms with E-state index in [1.807, 2.05) is 39.0 Å². The largest absolute Gasteiger partial charge is 0.435 e. The summed E-state index contributed by atoms with van der Waals surface area (Å²) in [5.41, 5.74) is 2.95. The van der Waals surface area contributed by atoms with E-state index in [9.17, 15) is 18.0 Å². The van der Waals surface area contributed by atoms with Gasteiger partial charge in [0.05, 0.1) is 23.1 Å². The maximum atomic E-state index is 14.1. The first-order valence-corrected chi connectivity index (χ1v) is 15.2. The quantitative estimate of drug-likeness (QED) is 0.103. The van der Waals surface area contributed by atoms with Crippen LogP contribution in [0.5, 0.6) is 0 Å². The summed E-state index contributed by atoms with van der Waals surface area (Å²) in [7, 11) is 0. The summed E-state index contributed by atoms with van der Waals surface area (Å²) in [5.74, 6) is 0.0980. The average molecular weight is 598 g/mol. The van der Waals surface area contributed by atoms with Gasteiger partial charge >= 0.3 is 6.18 Å². The van der Waals surface area contributed by atoms with Crippen LogP contribution in [0, 0.1) is 5.41 Å². The molecule has 0 aliphatic carbocycles. The van der Waals surface area contributed by atoms with Crippen LogP contribution in [-0.4, -0.2) is 43.1 Å². The molecule has 232 valence electrons. The molecule has 0 fully saturated rings. The van der Waals surface area contributed by atoms with Gasteiger partial charge < -0.3 is 4.74 Å². The van der Waals surface area contributed by atoms with Crippen LogP contribution in [0.3, 0.4) is 0 Å². The molecule has 0 saturated heterocycles. The topological polar surface area (TPSA) is 74.3 Å². The first-order chi connectivity index (χ1) is 20.5. The number of carbonyl (C=O) groups excluding carboxylic acids is 1. The van der Waals surface area contributed by atoms with Crippen LogP contribution >= 0.6 is 0 Å². The van der Waals surface area contributed by atoms with Gasteiger partial charge in [0.1, 0.15) is 0 Å². The van der Waals surface area contributed by atoms with Crippen LogP contribution in [0.4, 0.5) is 13.2 Å². The maximum absolute atomic E-state index is 14.1.